The lowest BCUT2D eigenvalue weighted by Crippen LogP contribution is -2.26. The fraction of sp³-hybridized carbons (Fsp3) is 0.278. The standard InChI is InChI=1S/C18H20FNO3S/c1-12(14-11-13(23-2)7-8-16(14)21)20-18(22)9-10-24-17-6-4-3-5-15(17)19/h3-8,11-12,21H,9-10H2,1-2H3,(H,20,22). The third-order valence-electron chi connectivity index (χ3n) is 3.50. The number of amides is 1. The molecule has 2 aromatic rings. The van der Waals surface area contributed by atoms with Gasteiger partial charge in [-0.05, 0) is 37.3 Å². The molecule has 4 nitrogen and oxygen atoms in total. The van der Waals surface area contributed by atoms with Crippen molar-refractivity contribution in [1.82, 2.24) is 5.32 Å². The maximum absolute atomic E-state index is 13.5. The molecule has 0 saturated heterocycles. The van der Waals surface area contributed by atoms with E-state index in [-0.39, 0.29) is 29.9 Å². The number of ether oxygens (including phenoxy) is 1. The van der Waals surface area contributed by atoms with Gasteiger partial charge in [-0.1, -0.05) is 12.1 Å². The van der Waals surface area contributed by atoms with E-state index in [9.17, 15) is 14.3 Å². The van der Waals surface area contributed by atoms with Gasteiger partial charge in [0.25, 0.3) is 0 Å². The van der Waals surface area contributed by atoms with Crippen LogP contribution >= 0.6 is 11.8 Å². The van der Waals surface area contributed by atoms with Crippen LogP contribution in [0.1, 0.15) is 24.9 Å². The quantitative estimate of drug-likeness (QED) is 0.745. The molecule has 2 N–H and O–H groups in total. The zero-order valence-corrected chi connectivity index (χ0v) is 14.4. The maximum atomic E-state index is 13.5. The summed E-state index contributed by atoms with van der Waals surface area (Å²) in [5.74, 6) is 0.748. The van der Waals surface area contributed by atoms with Crippen molar-refractivity contribution in [3.63, 3.8) is 0 Å². The van der Waals surface area contributed by atoms with Crippen LogP contribution in [-0.2, 0) is 4.79 Å². The van der Waals surface area contributed by atoms with Gasteiger partial charge in [0.15, 0.2) is 0 Å². The van der Waals surface area contributed by atoms with Crippen molar-refractivity contribution in [2.24, 2.45) is 0 Å². The van der Waals surface area contributed by atoms with Crippen molar-refractivity contribution in [2.75, 3.05) is 12.9 Å². The van der Waals surface area contributed by atoms with Crippen LogP contribution in [0.25, 0.3) is 0 Å². The summed E-state index contributed by atoms with van der Waals surface area (Å²) in [6, 6.07) is 11.0. The van der Waals surface area contributed by atoms with Gasteiger partial charge in [0, 0.05) is 22.6 Å². The number of carbonyl (C=O) groups is 1. The fourth-order valence-corrected chi connectivity index (χ4v) is 3.10. The molecule has 0 aliphatic carbocycles. The highest BCUT2D eigenvalue weighted by molar-refractivity contribution is 7.99. The number of carbonyl (C=O) groups excluding carboxylic acids is 1. The number of benzene rings is 2. The first-order valence-electron chi connectivity index (χ1n) is 7.55. The molecule has 0 aliphatic rings. The van der Waals surface area contributed by atoms with Gasteiger partial charge in [-0.25, -0.2) is 4.39 Å². The van der Waals surface area contributed by atoms with Crippen molar-refractivity contribution in [3.8, 4) is 11.5 Å². The largest absolute Gasteiger partial charge is 0.508 e. The van der Waals surface area contributed by atoms with Crippen LogP contribution in [0, 0.1) is 5.82 Å². The Bertz CT molecular complexity index is 708. The van der Waals surface area contributed by atoms with Crippen molar-refractivity contribution < 1.29 is 19.0 Å². The van der Waals surface area contributed by atoms with Crippen LogP contribution in [0.2, 0.25) is 0 Å². The van der Waals surface area contributed by atoms with Gasteiger partial charge in [0.05, 0.1) is 13.2 Å². The van der Waals surface area contributed by atoms with E-state index in [4.69, 9.17) is 4.74 Å². The molecular formula is C18H20FNO3S. The van der Waals surface area contributed by atoms with Crippen LogP contribution in [0.4, 0.5) is 4.39 Å². The molecule has 0 radical (unpaired) electrons. The van der Waals surface area contributed by atoms with E-state index in [1.54, 1.807) is 44.4 Å². The topological polar surface area (TPSA) is 58.6 Å². The van der Waals surface area contributed by atoms with Crippen LogP contribution in [0.15, 0.2) is 47.4 Å². The molecule has 0 bridgehead atoms. The number of rotatable bonds is 7. The number of thioether (sulfide) groups is 1. The van der Waals surface area contributed by atoms with Gasteiger partial charge in [-0.3, -0.25) is 4.79 Å². The van der Waals surface area contributed by atoms with Crippen LogP contribution in [0.5, 0.6) is 11.5 Å². The van der Waals surface area contributed by atoms with Gasteiger partial charge in [-0.2, -0.15) is 0 Å². The zero-order chi connectivity index (χ0) is 17.5. The third-order valence-corrected chi connectivity index (χ3v) is 4.55. The highest BCUT2D eigenvalue weighted by Crippen LogP contribution is 2.28. The molecule has 0 saturated carbocycles. The van der Waals surface area contributed by atoms with E-state index < -0.39 is 0 Å². The molecule has 128 valence electrons. The summed E-state index contributed by atoms with van der Waals surface area (Å²) < 4.78 is 18.6. The molecule has 0 heterocycles. The van der Waals surface area contributed by atoms with E-state index >= 15 is 0 Å². The molecule has 0 fully saturated rings. The Morgan fingerprint density at radius 3 is 2.79 bits per heavy atom. The monoisotopic (exact) mass is 349 g/mol. The normalized spacial score (nSPS) is 11.8. The molecule has 1 amide bonds. The molecule has 1 unspecified atom stereocenters. The first-order chi connectivity index (χ1) is 11.5. The second-order valence-corrected chi connectivity index (χ2v) is 6.38. The van der Waals surface area contributed by atoms with Gasteiger partial charge in [0.1, 0.15) is 17.3 Å². The minimum atomic E-state index is -0.355. The summed E-state index contributed by atoms with van der Waals surface area (Å²) in [5, 5.41) is 12.7. The SMILES string of the molecule is COc1ccc(O)c(C(C)NC(=O)CCSc2ccccc2F)c1. The minimum Gasteiger partial charge on any atom is -0.508 e. The molecule has 0 aliphatic heterocycles. The van der Waals surface area contributed by atoms with Crippen molar-refractivity contribution in [2.45, 2.75) is 24.3 Å². The molecule has 2 aromatic carbocycles. The lowest BCUT2D eigenvalue weighted by atomic mass is 10.1. The van der Waals surface area contributed by atoms with E-state index in [0.717, 1.165) is 0 Å². The maximum Gasteiger partial charge on any atom is 0.221 e. The van der Waals surface area contributed by atoms with Crippen LogP contribution < -0.4 is 10.1 Å². The van der Waals surface area contributed by atoms with E-state index in [1.807, 2.05) is 0 Å². The molecule has 1 atom stereocenters. The highest BCUT2D eigenvalue weighted by atomic mass is 32.2. The van der Waals surface area contributed by atoms with Gasteiger partial charge in [0.2, 0.25) is 5.91 Å². The molecular weight excluding hydrogens is 329 g/mol. The summed E-state index contributed by atoms with van der Waals surface area (Å²) in [7, 11) is 1.54. The van der Waals surface area contributed by atoms with Crippen molar-refractivity contribution in [1.29, 1.82) is 0 Å². The summed E-state index contributed by atoms with van der Waals surface area (Å²) in [6.07, 6.45) is 0.258. The molecule has 24 heavy (non-hydrogen) atoms. The Morgan fingerprint density at radius 2 is 2.08 bits per heavy atom. The number of phenols is 1. The molecule has 2 rings (SSSR count). The number of hydrogen-bond acceptors (Lipinski definition) is 4. The predicted octanol–water partition coefficient (Wildman–Crippen LogP) is 3.90. The number of methoxy groups -OCH3 is 1. The first-order valence-corrected chi connectivity index (χ1v) is 8.53. The van der Waals surface area contributed by atoms with Crippen molar-refractivity contribution >= 4 is 17.7 Å². The Balaban J connectivity index is 1.87. The van der Waals surface area contributed by atoms with Gasteiger partial charge in [-0.15, -0.1) is 11.8 Å². The third kappa shape index (κ3) is 4.89. The number of hydrogen-bond donors (Lipinski definition) is 2. The first kappa shape index (κ1) is 18.1. The number of phenolic OH excluding ortho intramolecular Hbond substituents is 1. The fourth-order valence-electron chi connectivity index (χ4n) is 2.21. The van der Waals surface area contributed by atoms with Gasteiger partial charge >= 0.3 is 0 Å². The van der Waals surface area contributed by atoms with E-state index in [1.165, 1.54) is 23.9 Å². The Morgan fingerprint density at radius 1 is 1.33 bits per heavy atom. The number of halogens is 1. The molecule has 0 spiro atoms. The number of aromatic hydroxyl groups is 1. The second kappa shape index (κ2) is 8.59. The average Bonchev–Trinajstić information content (AvgIpc) is 2.57. The van der Waals surface area contributed by atoms with E-state index in [0.29, 0.717) is 22.0 Å². The molecule has 0 aromatic heterocycles. The lowest BCUT2D eigenvalue weighted by molar-refractivity contribution is -0.121. The minimum absolute atomic E-state index is 0.101. The summed E-state index contributed by atoms with van der Waals surface area (Å²) in [4.78, 5) is 12.6. The van der Waals surface area contributed by atoms with Gasteiger partial charge < -0.3 is 15.2 Å². The Kier molecular flexibility index (Phi) is 6.49. The molecule has 6 heteroatoms. The Labute approximate surface area is 145 Å². The second-order valence-electron chi connectivity index (χ2n) is 5.24. The predicted molar refractivity (Wildman–Crippen MR) is 93.0 cm³/mol. The van der Waals surface area contributed by atoms with Crippen LogP contribution in [0.3, 0.4) is 0 Å². The highest BCUT2D eigenvalue weighted by Gasteiger charge is 2.14. The summed E-state index contributed by atoms with van der Waals surface area (Å²) >= 11 is 1.30. The smallest absolute Gasteiger partial charge is 0.221 e. The summed E-state index contributed by atoms with van der Waals surface area (Å²) in [5.41, 5.74) is 0.587. The van der Waals surface area contributed by atoms with Crippen LogP contribution in [-0.4, -0.2) is 23.9 Å². The summed E-state index contributed by atoms with van der Waals surface area (Å²) in [6.45, 7) is 1.79. The zero-order valence-electron chi connectivity index (χ0n) is 13.6. The Hall–Kier alpha value is -2.21. The lowest BCUT2D eigenvalue weighted by Gasteiger charge is -2.16. The van der Waals surface area contributed by atoms with E-state index in [2.05, 4.69) is 5.32 Å². The van der Waals surface area contributed by atoms with Crippen molar-refractivity contribution in [3.05, 3.63) is 53.8 Å². The number of nitrogens with one attached hydrogen (secondary N) is 1. The average molecular weight is 349 g/mol.